The fraction of sp³-hybridized carbons (Fsp3) is 0.167. The van der Waals surface area contributed by atoms with Crippen molar-refractivity contribution in [2.24, 2.45) is 0 Å². The van der Waals surface area contributed by atoms with Crippen LogP contribution >= 0.6 is 0 Å². The van der Waals surface area contributed by atoms with E-state index in [2.05, 4.69) is 4.98 Å². The van der Waals surface area contributed by atoms with Crippen LogP contribution in [0.25, 0.3) is 0 Å². The Hall–Kier alpha value is -2.10. The zero-order valence-electron chi connectivity index (χ0n) is 8.54. The fourth-order valence-electron chi connectivity index (χ4n) is 1.91. The lowest BCUT2D eigenvalue weighted by atomic mass is 10.1. The standard InChI is InChI=1S/C12H10N2O2/c15-11-6-7-14-10(8-16-12(14)13-11)9-4-2-1-3-5-9/h1-7,10H,8H2/t10-/m1/s1. The van der Waals surface area contributed by atoms with Gasteiger partial charge in [0, 0.05) is 12.3 Å². The second-order valence-electron chi connectivity index (χ2n) is 3.69. The number of hydrogen-bond acceptors (Lipinski definition) is 3. The quantitative estimate of drug-likeness (QED) is 0.717. The first-order valence-electron chi connectivity index (χ1n) is 5.11. The Labute approximate surface area is 92.1 Å². The maximum Gasteiger partial charge on any atom is 0.300 e. The normalized spacial score (nSPS) is 17.9. The highest BCUT2D eigenvalue weighted by molar-refractivity contribution is 5.23. The summed E-state index contributed by atoms with van der Waals surface area (Å²) in [6, 6.07) is 12.0. The Morgan fingerprint density at radius 3 is 2.88 bits per heavy atom. The van der Waals surface area contributed by atoms with Crippen LogP contribution in [0.5, 0.6) is 6.01 Å². The van der Waals surface area contributed by atoms with E-state index in [4.69, 9.17) is 4.74 Å². The molecule has 1 aromatic carbocycles. The third kappa shape index (κ3) is 1.39. The molecule has 0 unspecified atom stereocenters. The minimum atomic E-state index is -0.264. The van der Waals surface area contributed by atoms with Crippen molar-refractivity contribution in [1.29, 1.82) is 0 Å². The summed E-state index contributed by atoms with van der Waals surface area (Å²) in [6.07, 6.45) is 1.73. The molecular formula is C12H10N2O2. The summed E-state index contributed by atoms with van der Waals surface area (Å²) in [5, 5.41) is 0. The van der Waals surface area contributed by atoms with Crippen LogP contribution in [0.1, 0.15) is 11.6 Å². The van der Waals surface area contributed by atoms with Crippen LogP contribution in [0.2, 0.25) is 0 Å². The van der Waals surface area contributed by atoms with Crippen LogP contribution in [0, 0.1) is 0 Å². The molecule has 0 saturated carbocycles. The van der Waals surface area contributed by atoms with E-state index in [0.717, 1.165) is 5.56 Å². The fourth-order valence-corrected chi connectivity index (χ4v) is 1.91. The molecule has 3 rings (SSSR count). The average molecular weight is 214 g/mol. The zero-order chi connectivity index (χ0) is 11.0. The van der Waals surface area contributed by atoms with Crippen LogP contribution in [-0.2, 0) is 0 Å². The molecule has 1 aliphatic heterocycles. The summed E-state index contributed by atoms with van der Waals surface area (Å²) >= 11 is 0. The van der Waals surface area contributed by atoms with Gasteiger partial charge in [-0.05, 0) is 5.56 Å². The zero-order valence-corrected chi connectivity index (χ0v) is 8.54. The van der Waals surface area contributed by atoms with E-state index in [1.54, 1.807) is 6.20 Å². The Kier molecular flexibility index (Phi) is 1.99. The van der Waals surface area contributed by atoms with Gasteiger partial charge in [0.15, 0.2) is 0 Å². The van der Waals surface area contributed by atoms with Gasteiger partial charge >= 0.3 is 0 Å². The van der Waals surface area contributed by atoms with Crippen molar-refractivity contribution in [3.8, 4) is 6.01 Å². The number of fused-ring (bicyclic) bond motifs is 1. The summed E-state index contributed by atoms with van der Waals surface area (Å²) in [5.41, 5.74) is 0.895. The number of rotatable bonds is 1. The summed E-state index contributed by atoms with van der Waals surface area (Å²) in [4.78, 5) is 14.9. The molecule has 1 aliphatic rings. The van der Waals surface area contributed by atoms with Gasteiger partial charge in [-0.1, -0.05) is 30.3 Å². The number of aromatic nitrogens is 2. The monoisotopic (exact) mass is 214 g/mol. The summed E-state index contributed by atoms with van der Waals surface area (Å²) in [5.74, 6) is 0. The highest BCUT2D eigenvalue weighted by atomic mass is 16.5. The lowest BCUT2D eigenvalue weighted by molar-refractivity contribution is 0.331. The molecule has 0 spiro atoms. The Morgan fingerprint density at radius 2 is 2.06 bits per heavy atom. The van der Waals surface area contributed by atoms with Crippen molar-refractivity contribution in [3.63, 3.8) is 0 Å². The first-order chi connectivity index (χ1) is 7.84. The highest BCUT2D eigenvalue weighted by Gasteiger charge is 2.24. The topological polar surface area (TPSA) is 44.1 Å². The Morgan fingerprint density at radius 1 is 1.25 bits per heavy atom. The molecule has 1 atom stereocenters. The van der Waals surface area contributed by atoms with Gasteiger partial charge in [-0.25, -0.2) is 0 Å². The molecule has 80 valence electrons. The molecule has 0 bridgehead atoms. The van der Waals surface area contributed by atoms with E-state index in [-0.39, 0.29) is 11.6 Å². The van der Waals surface area contributed by atoms with Gasteiger partial charge in [0.2, 0.25) is 0 Å². The Balaban J connectivity index is 2.07. The lowest BCUT2D eigenvalue weighted by Crippen LogP contribution is -2.11. The lowest BCUT2D eigenvalue weighted by Gasteiger charge is -2.10. The molecule has 4 nitrogen and oxygen atoms in total. The van der Waals surface area contributed by atoms with Crippen LogP contribution in [-0.4, -0.2) is 16.2 Å². The molecule has 2 heterocycles. The molecule has 0 aliphatic carbocycles. The third-order valence-electron chi connectivity index (χ3n) is 2.69. The second-order valence-corrected chi connectivity index (χ2v) is 3.69. The van der Waals surface area contributed by atoms with Crippen LogP contribution in [0.15, 0.2) is 47.4 Å². The second kappa shape index (κ2) is 3.48. The molecule has 0 saturated heterocycles. The van der Waals surface area contributed by atoms with E-state index >= 15 is 0 Å². The molecule has 1 aromatic heterocycles. The van der Waals surface area contributed by atoms with E-state index in [9.17, 15) is 4.79 Å². The van der Waals surface area contributed by atoms with Gasteiger partial charge in [-0.2, -0.15) is 4.98 Å². The van der Waals surface area contributed by atoms with E-state index in [0.29, 0.717) is 12.6 Å². The average Bonchev–Trinajstić information content (AvgIpc) is 2.73. The molecule has 0 amide bonds. The smallest absolute Gasteiger partial charge is 0.300 e. The van der Waals surface area contributed by atoms with Gasteiger partial charge in [0.25, 0.3) is 11.6 Å². The largest absolute Gasteiger partial charge is 0.462 e. The van der Waals surface area contributed by atoms with Crippen molar-refractivity contribution in [2.75, 3.05) is 6.61 Å². The van der Waals surface area contributed by atoms with Crippen molar-refractivity contribution in [3.05, 3.63) is 58.5 Å². The van der Waals surface area contributed by atoms with Gasteiger partial charge in [-0.3, -0.25) is 9.36 Å². The van der Waals surface area contributed by atoms with Gasteiger partial charge in [0.05, 0.1) is 6.04 Å². The van der Waals surface area contributed by atoms with Crippen LogP contribution in [0.4, 0.5) is 0 Å². The van der Waals surface area contributed by atoms with Crippen molar-refractivity contribution in [2.45, 2.75) is 6.04 Å². The molecule has 16 heavy (non-hydrogen) atoms. The third-order valence-corrected chi connectivity index (χ3v) is 2.69. The number of benzene rings is 1. The van der Waals surface area contributed by atoms with Gasteiger partial charge in [0.1, 0.15) is 6.61 Å². The Bertz CT molecular complexity index is 563. The van der Waals surface area contributed by atoms with Crippen LogP contribution in [0.3, 0.4) is 0 Å². The number of ether oxygens (including phenoxy) is 1. The molecule has 2 aromatic rings. The number of hydrogen-bond donors (Lipinski definition) is 0. The van der Waals surface area contributed by atoms with E-state index in [1.165, 1.54) is 6.07 Å². The van der Waals surface area contributed by atoms with E-state index < -0.39 is 0 Å². The summed E-state index contributed by atoms with van der Waals surface area (Å²) in [7, 11) is 0. The predicted octanol–water partition coefficient (Wildman–Crippen LogP) is 1.23. The first-order valence-corrected chi connectivity index (χ1v) is 5.11. The van der Waals surface area contributed by atoms with E-state index in [1.807, 2.05) is 34.9 Å². The summed E-state index contributed by atoms with van der Waals surface area (Å²) < 4.78 is 7.28. The van der Waals surface area contributed by atoms with Gasteiger partial charge < -0.3 is 4.74 Å². The van der Waals surface area contributed by atoms with Crippen molar-refractivity contribution >= 4 is 0 Å². The molecule has 0 N–H and O–H groups in total. The van der Waals surface area contributed by atoms with Crippen LogP contribution < -0.4 is 10.3 Å². The molecule has 4 heteroatoms. The predicted molar refractivity (Wildman–Crippen MR) is 58.6 cm³/mol. The maximum atomic E-state index is 11.1. The first kappa shape index (κ1) is 9.15. The minimum absolute atomic E-state index is 0.115. The maximum absolute atomic E-state index is 11.1. The number of nitrogens with zero attached hydrogens (tertiary/aromatic N) is 2. The summed E-state index contributed by atoms with van der Waals surface area (Å²) in [6.45, 7) is 0.528. The minimum Gasteiger partial charge on any atom is -0.462 e. The molecule has 0 radical (unpaired) electrons. The molecule has 0 fully saturated rings. The van der Waals surface area contributed by atoms with Crippen molar-refractivity contribution < 1.29 is 4.74 Å². The SMILES string of the molecule is O=c1ccn2c(n1)OC[C@@H]2c1ccccc1. The van der Waals surface area contributed by atoms with Crippen molar-refractivity contribution in [1.82, 2.24) is 9.55 Å². The molecular weight excluding hydrogens is 204 g/mol. The van der Waals surface area contributed by atoms with Gasteiger partial charge in [-0.15, -0.1) is 0 Å². The highest BCUT2D eigenvalue weighted by Crippen LogP contribution is 2.27.